The highest BCUT2D eigenvalue weighted by Crippen LogP contribution is 2.24. The van der Waals surface area contributed by atoms with Gasteiger partial charge in [0.15, 0.2) is 0 Å². The molecule has 1 heterocycles. The van der Waals surface area contributed by atoms with E-state index in [9.17, 15) is 0 Å². The predicted molar refractivity (Wildman–Crippen MR) is 32.7 cm³/mol. The summed E-state index contributed by atoms with van der Waals surface area (Å²) in [6.45, 7) is 4.68. The topological polar surface area (TPSA) is 32.3 Å². The number of aliphatic hydroxyl groups excluding tert-OH is 1. The minimum absolute atomic E-state index is 0.332. The van der Waals surface area contributed by atoms with Crippen LogP contribution in [-0.4, -0.2) is 24.8 Å². The molecule has 0 radical (unpaired) electrons. The lowest BCUT2D eigenvalue weighted by atomic mass is 9.81. The molecule has 48 valence electrons. The van der Waals surface area contributed by atoms with E-state index in [-0.39, 0.29) is 0 Å². The van der Waals surface area contributed by atoms with E-state index in [0.717, 1.165) is 19.5 Å². The zero-order valence-corrected chi connectivity index (χ0v) is 5.28. The maximum atomic E-state index is 8.54. The molecule has 0 saturated carbocycles. The highest BCUT2D eigenvalue weighted by Gasteiger charge is 2.30. The van der Waals surface area contributed by atoms with Crippen LogP contribution in [0.1, 0.15) is 13.3 Å². The summed E-state index contributed by atoms with van der Waals surface area (Å²) >= 11 is 0. The fourth-order valence-corrected chi connectivity index (χ4v) is 0.998. The van der Waals surface area contributed by atoms with Gasteiger partial charge in [0, 0.05) is 19.7 Å². The number of hydrogen-bond donors (Lipinski definition) is 2. The normalized spacial score (nSPS) is 24.8. The highest BCUT2D eigenvalue weighted by molar-refractivity contribution is 4.87. The van der Waals surface area contributed by atoms with Gasteiger partial charge in [-0.15, -0.1) is 0 Å². The summed E-state index contributed by atoms with van der Waals surface area (Å²) in [4.78, 5) is 0. The van der Waals surface area contributed by atoms with E-state index in [2.05, 4.69) is 12.2 Å². The zero-order chi connectivity index (χ0) is 6.04. The van der Waals surface area contributed by atoms with Gasteiger partial charge in [0.1, 0.15) is 0 Å². The van der Waals surface area contributed by atoms with Crippen LogP contribution in [0.3, 0.4) is 0 Å². The van der Waals surface area contributed by atoms with Gasteiger partial charge in [0.2, 0.25) is 0 Å². The first-order valence-electron chi connectivity index (χ1n) is 3.08. The van der Waals surface area contributed by atoms with Crippen molar-refractivity contribution < 1.29 is 5.11 Å². The van der Waals surface area contributed by atoms with Crippen LogP contribution in [0.4, 0.5) is 0 Å². The van der Waals surface area contributed by atoms with Gasteiger partial charge in [0.25, 0.3) is 0 Å². The van der Waals surface area contributed by atoms with Gasteiger partial charge in [-0.3, -0.25) is 0 Å². The zero-order valence-electron chi connectivity index (χ0n) is 5.28. The molecule has 1 aliphatic heterocycles. The quantitative estimate of drug-likeness (QED) is 0.530. The van der Waals surface area contributed by atoms with Gasteiger partial charge in [-0.25, -0.2) is 0 Å². The van der Waals surface area contributed by atoms with Crippen LogP contribution in [0, 0.1) is 5.41 Å². The number of aliphatic hydroxyl groups is 1. The molecule has 1 saturated heterocycles. The summed E-state index contributed by atoms with van der Waals surface area (Å²) in [5.41, 5.74) is 0.411. The molecule has 0 spiro atoms. The molecule has 0 amide bonds. The molecule has 1 aliphatic rings. The molecule has 8 heavy (non-hydrogen) atoms. The van der Waals surface area contributed by atoms with Gasteiger partial charge < -0.3 is 10.4 Å². The molecule has 0 atom stereocenters. The average molecular weight is 115 g/mol. The maximum absolute atomic E-state index is 8.54. The van der Waals surface area contributed by atoms with Crippen molar-refractivity contribution in [2.75, 3.05) is 19.7 Å². The van der Waals surface area contributed by atoms with Crippen molar-refractivity contribution in [2.45, 2.75) is 13.3 Å². The lowest BCUT2D eigenvalue weighted by molar-refractivity contribution is 0.134. The molecule has 0 aliphatic carbocycles. The Hall–Kier alpha value is -0.0800. The molecule has 2 N–H and O–H groups in total. The maximum Gasteiger partial charge on any atom is 0.0437 e. The summed E-state index contributed by atoms with van der Waals surface area (Å²) in [7, 11) is 0. The molecule has 1 rings (SSSR count). The summed E-state index contributed by atoms with van der Waals surface area (Å²) < 4.78 is 0. The van der Waals surface area contributed by atoms with Crippen LogP contribution in [0.2, 0.25) is 0 Å². The molecule has 0 aromatic heterocycles. The van der Waals surface area contributed by atoms with Crippen LogP contribution in [0.15, 0.2) is 0 Å². The van der Waals surface area contributed by atoms with Crippen molar-refractivity contribution in [3.8, 4) is 0 Å². The van der Waals surface area contributed by atoms with E-state index >= 15 is 0 Å². The number of nitrogens with one attached hydrogen (secondary N) is 1. The van der Waals surface area contributed by atoms with Gasteiger partial charge >= 0.3 is 0 Å². The Morgan fingerprint density at radius 3 is 2.38 bits per heavy atom. The third-order valence-electron chi connectivity index (χ3n) is 1.82. The molecule has 0 aromatic rings. The molecule has 0 unspecified atom stereocenters. The van der Waals surface area contributed by atoms with Crippen molar-refractivity contribution in [2.24, 2.45) is 5.41 Å². The van der Waals surface area contributed by atoms with Gasteiger partial charge in [-0.05, 0) is 11.8 Å². The van der Waals surface area contributed by atoms with Crippen molar-refractivity contribution in [1.82, 2.24) is 5.32 Å². The van der Waals surface area contributed by atoms with Crippen LogP contribution < -0.4 is 5.32 Å². The first kappa shape index (κ1) is 6.05. The second-order valence-corrected chi connectivity index (χ2v) is 2.89. The minimum atomic E-state index is 0.332. The molecule has 0 aromatic carbocycles. The molecule has 2 nitrogen and oxygen atoms in total. The Kier molecular flexibility index (Phi) is 1.54. The van der Waals surface area contributed by atoms with Crippen molar-refractivity contribution in [1.29, 1.82) is 0 Å². The fraction of sp³-hybridized carbons (Fsp3) is 1.00. The summed E-state index contributed by atoms with van der Waals surface area (Å²) in [5.74, 6) is 0. The van der Waals surface area contributed by atoms with Crippen molar-refractivity contribution >= 4 is 0 Å². The molecule has 2 heteroatoms. The first-order valence-corrected chi connectivity index (χ1v) is 3.08. The van der Waals surface area contributed by atoms with Crippen molar-refractivity contribution in [3.63, 3.8) is 0 Å². The average Bonchev–Trinajstić information content (AvgIpc) is 1.64. The largest absolute Gasteiger partial charge is 0.396 e. The summed E-state index contributed by atoms with van der Waals surface area (Å²) in [6.07, 6.45) is 0.944. The lowest BCUT2D eigenvalue weighted by Gasteiger charge is -2.38. The standard InChI is InChI=1S/C6H13NO/c1-6(2-3-8)4-7-5-6/h7-8H,2-5H2,1H3. The molecule has 0 bridgehead atoms. The van der Waals surface area contributed by atoms with Crippen LogP contribution in [0.5, 0.6) is 0 Å². The van der Waals surface area contributed by atoms with E-state index in [1.54, 1.807) is 0 Å². The second kappa shape index (κ2) is 2.03. The van der Waals surface area contributed by atoms with Crippen molar-refractivity contribution in [3.05, 3.63) is 0 Å². The van der Waals surface area contributed by atoms with Crippen LogP contribution >= 0.6 is 0 Å². The summed E-state index contributed by atoms with van der Waals surface area (Å²) in [6, 6.07) is 0. The lowest BCUT2D eigenvalue weighted by Crippen LogP contribution is -2.51. The van der Waals surface area contributed by atoms with Gasteiger partial charge in [-0.2, -0.15) is 0 Å². The van der Waals surface area contributed by atoms with Crippen LogP contribution in [0.25, 0.3) is 0 Å². The van der Waals surface area contributed by atoms with E-state index in [1.165, 1.54) is 0 Å². The van der Waals surface area contributed by atoms with Gasteiger partial charge in [-0.1, -0.05) is 6.92 Å². The van der Waals surface area contributed by atoms with E-state index in [1.807, 2.05) is 0 Å². The minimum Gasteiger partial charge on any atom is -0.396 e. The Morgan fingerprint density at radius 2 is 2.25 bits per heavy atom. The Labute approximate surface area is 49.9 Å². The smallest absolute Gasteiger partial charge is 0.0437 e. The fourth-order valence-electron chi connectivity index (χ4n) is 0.998. The Bertz CT molecular complexity index is 78.6. The molecular formula is C6H13NO. The van der Waals surface area contributed by atoms with E-state index in [0.29, 0.717) is 12.0 Å². The Balaban J connectivity index is 2.20. The monoisotopic (exact) mass is 115 g/mol. The summed E-state index contributed by atoms with van der Waals surface area (Å²) in [5, 5.41) is 11.7. The predicted octanol–water partition coefficient (Wildman–Crippen LogP) is -0.0217. The Morgan fingerprint density at radius 1 is 1.62 bits per heavy atom. The highest BCUT2D eigenvalue weighted by atomic mass is 16.3. The van der Waals surface area contributed by atoms with E-state index in [4.69, 9.17) is 5.11 Å². The first-order chi connectivity index (χ1) is 3.77. The number of rotatable bonds is 2. The third-order valence-corrected chi connectivity index (χ3v) is 1.82. The SMILES string of the molecule is CC1(CCO)CNC1. The van der Waals surface area contributed by atoms with E-state index < -0.39 is 0 Å². The molecule has 1 fully saturated rings. The van der Waals surface area contributed by atoms with Gasteiger partial charge in [0.05, 0.1) is 0 Å². The second-order valence-electron chi connectivity index (χ2n) is 2.89. The molecular weight excluding hydrogens is 102 g/mol. The van der Waals surface area contributed by atoms with Crippen LogP contribution in [-0.2, 0) is 0 Å². The third kappa shape index (κ3) is 1.01. The number of hydrogen-bond acceptors (Lipinski definition) is 2.